The van der Waals surface area contributed by atoms with Crippen LogP contribution in [-0.2, 0) is 23.4 Å². The Morgan fingerprint density at radius 3 is 2.67 bits per heavy atom. The SMILES string of the molecule is C[C@]1(c2ccc(Cl)cn2)C=C(F)c2cccc(C3CCN(Cc4nc5ccc(C(=O)O)cc5n4C[C@@H]4CCO4)CC3)c2O1. The van der Waals surface area contributed by atoms with Gasteiger partial charge in [-0.2, -0.15) is 0 Å². The minimum Gasteiger partial charge on any atom is -0.478 e. The zero-order valence-corrected chi connectivity index (χ0v) is 24.6. The van der Waals surface area contributed by atoms with Crippen LogP contribution in [0.25, 0.3) is 16.9 Å². The number of carbonyl (C=O) groups is 1. The maximum Gasteiger partial charge on any atom is 0.335 e. The van der Waals surface area contributed by atoms with E-state index < -0.39 is 11.6 Å². The molecule has 7 rings (SSSR count). The van der Waals surface area contributed by atoms with Gasteiger partial charge in [-0.15, -0.1) is 0 Å². The lowest BCUT2D eigenvalue weighted by atomic mass is 9.85. The number of halogens is 2. The Hall–Kier alpha value is -3.79. The Morgan fingerprint density at radius 1 is 1.16 bits per heavy atom. The van der Waals surface area contributed by atoms with Crippen molar-refractivity contribution in [3.8, 4) is 5.75 Å². The second-order valence-electron chi connectivity index (χ2n) is 11.8. The van der Waals surface area contributed by atoms with Crippen molar-refractivity contribution in [1.29, 1.82) is 0 Å². The van der Waals surface area contributed by atoms with Crippen LogP contribution in [0.4, 0.5) is 4.39 Å². The van der Waals surface area contributed by atoms with Crippen LogP contribution in [0, 0.1) is 0 Å². The Labute approximate surface area is 253 Å². The number of carboxylic acids is 1. The third-order valence-corrected chi connectivity index (χ3v) is 9.12. The largest absolute Gasteiger partial charge is 0.478 e. The van der Waals surface area contributed by atoms with Crippen molar-refractivity contribution >= 4 is 34.4 Å². The molecule has 0 spiro atoms. The second kappa shape index (κ2) is 11.0. The molecular weight excluding hydrogens is 571 g/mol. The first-order valence-electron chi connectivity index (χ1n) is 14.7. The first-order chi connectivity index (χ1) is 20.8. The van der Waals surface area contributed by atoms with E-state index in [2.05, 4.69) is 14.5 Å². The molecule has 0 aliphatic carbocycles. The quantitative estimate of drug-likeness (QED) is 0.256. The summed E-state index contributed by atoms with van der Waals surface area (Å²) in [6.45, 7) is 5.56. The Bertz CT molecular complexity index is 1730. The van der Waals surface area contributed by atoms with Gasteiger partial charge < -0.3 is 19.1 Å². The predicted molar refractivity (Wildman–Crippen MR) is 161 cm³/mol. The average Bonchev–Trinajstić information content (AvgIpc) is 3.31. The van der Waals surface area contributed by atoms with Gasteiger partial charge in [0.2, 0.25) is 0 Å². The van der Waals surface area contributed by atoms with Gasteiger partial charge in [-0.1, -0.05) is 23.7 Å². The number of ether oxygens (including phenoxy) is 2. The van der Waals surface area contributed by atoms with E-state index in [-0.39, 0.29) is 23.4 Å². The van der Waals surface area contributed by atoms with E-state index in [4.69, 9.17) is 26.1 Å². The van der Waals surface area contributed by atoms with Crippen LogP contribution in [0.3, 0.4) is 0 Å². The van der Waals surface area contributed by atoms with E-state index in [9.17, 15) is 9.90 Å². The minimum atomic E-state index is -1.05. The van der Waals surface area contributed by atoms with Gasteiger partial charge in [0, 0.05) is 18.9 Å². The molecule has 222 valence electrons. The van der Waals surface area contributed by atoms with Gasteiger partial charge in [0.15, 0.2) is 5.60 Å². The fourth-order valence-corrected chi connectivity index (χ4v) is 6.51. The number of likely N-dealkylation sites (tertiary alicyclic amines) is 1. The fourth-order valence-electron chi connectivity index (χ4n) is 6.40. The monoisotopic (exact) mass is 602 g/mol. The Morgan fingerprint density at radius 2 is 1.98 bits per heavy atom. The van der Waals surface area contributed by atoms with E-state index >= 15 is 4.39 Å². The van der Waals surface area contributed by atoms with E-state index in [0.717, 1.165) is 61.4 Å². The summed E-state index contributed by atoms with van der Waals surface area (Å²) in [5.74, 6) is 0.424. The van der Waals surface area contributed by atoms with Crippen molar-refractivity contribution in [2.24, 2.45) is 0 Å². The number of aromatic nitrogens is 3. The van der Waals surface area contributed by atoms with Gasteiger partial charge in [-0.25, -0.2) is 14.2 Å². The lowest BCUT2D eigenvalue weighted by Crippen LogP contribution is -2.36. The summed E-state index contributed by atoms with van der Waals surface area (Å²) in [7, 11) is 0. The molecule has 43 heavy (non-hydrogen) atoms. The Balaban J connectivity index is 1.10. The summed E-state index contributed by atoms with van der Waals surface area (Å²) < 4.78 is 29.9. The van der Waals surface area contributed by atoms with E-state index in [1.54, 1.807) is 42.6 Å². The van der Waals surface area contributed by atoms with Crippen LogP contribution in [0.5, 0.6) is 5.75 Å². The van der Waals surface area contributed by atoms with Crippen LogP contribution in [-0.4, -0.2) is 56.3 Å². The number of aromatic carboxylic acids is 1. The van der Waals surface area contributed by atoms with Gasteiger partial charge in [-0.3, -0.25) is 9.88 Å². The summed E-state index contributed by atoms with van der Waals surface area (Å²) in [4.78, 5) is 23.3. The number of benzene rings is 2. The molecule has 2 fully saturated rings. The highest BCUT2D eigenvalue weighted by Gasteiger charge is 2.37. The van der Waals surface area contributed by atoms with Crippen molar-refractivity contribution in [3.05, 3.63) is 94.0 Å². The molecule has 2 atom stereocenters. The first kappa shape index (κ1) is 28.0. The molecular formula is C33H32ClFN4O4. The molecule has 0 radical (unpaired) electrons. The number of rotatable bonds is 7. The van der Waals surface area contributed by atoms with Gasteiger partial charge in [-0.05, 0) is 87.2 Å². The van der Waals surface area contributed by atoms with E-state index in [1.807, 2.05) is 19.1 Å². The molecule has 2 aromatic carbocycles. The molecule has 0 saturated carbocycles. The smallest absolute Gasteiger partial charge is 0.335 e. The molecule has 2 saturated heterocycles. The number of imidazole rings is 1. The van der Waals surface area contributed by atoms with Crippen LogP contribution < -0.4 is 4.74 Å². The molecule has 5 heterocycles. The number of carboxylic acid groups (broad SMARTS) is 1. The molecule has 0 bridgehead atoms. The first-order valence-corrected chi connectivity index (χ1v) is 15.0. The van der Waals surface area contributed by atoms with E-state index in [0.29, 0.717) is 35.1 Å². The maximum absolute atomic E-state index is 15.5. The molecule has 2 aromatic heterocycles. The van der Waals surface area contributed by atoms with Crippen molar-refractivity contribution < 1.29 is 23.8 Å². The van der Waals surface area contributed by atoms with Crippen LogP contribution in [0.1, 0.15) is 65.1 Å². The van der Waals surface area contributed by atoms with Crippen LogP contribution in [0.15, 0.2) is 60.8 Å². The normalized spacial score (nSPS) is 22.5. The number of pyridine rings is 1. The summed E-state index contributed by atoms with van der Waals surface area (Å²) >= 11 is 6.04. The van der Waals surface area contributed by atoms with Gasteiger partial charge in [0.05, 0.1) is 52.1 Å². The third kappa shape index (κ3) is 5.30. The number of piperidine rings is 1. The van der Waals surface area contributed by atoms with Gasteiger partial charge in [0.25, 0.3) is 0 Å². The summed E-state index contributed by atoms with van der Waals surface area (Å²) in [5.41, 5.74) is 2.88. The van der Waals surface area contributed by atoms with Crippen LogP contribution in [0.2, 0.25) is 5.02 Å². The van der Waals surface area contributed by atoms with Crippen molar-refractivity contribution in [1.82, 2.24) is 19.4 Å². The lowest BCUT2D eigenvalue weighted by Gasteiger charge is -2.36. The van der Waals surface area contributed by atoms with Crippen molar-refractivity contribution in [3.63, 3.8) is 0 Å². The molecule has 8 nitrogen and oxygen atoms in total. The summed E-state index contributed by atoms with van der Waals surface area (Å²) in [6, 6.07) is 14.3. The molecule has 0 amide bonds. The molecule has 10 heteroatoms. The molecule has 3 aliphatic rings. The number of nitrogens with zero attached hydrogens (tertiary/aromatic N) is 4. The molecule has 1 N–H and O–H groups in total. The average molecular weight is 603 g/mol. The highest BCUT2D eigenvalue weighted by molar-refractivity contribution is 6.30. The maximum atomic E-state index is 15.5. The van der Waals surface area contributed by atoms with Gasteiger partial charge >= 0.3 is 5.97 Å². The zero-order valence-electron chi connectivity index (χ0n) is 23.8. The predicted octanol–water partition coefficient (Wildman–Crippen LogP) is 6.57. The highest BCUT2D eigenvalue weighted by Crippen LogP contribution is 2.46. The number of hydrogen-bond acceptors (Lipinski definition) is 6. The summed E-state index contributed by atoms with van der Waals surface area (Å²) in [5, 5.41) is 10.1. The van der Waals surface area contributed by atoms with Crippen molar-refractivity contribution in [2.75, 3.05) is 19.7 Å². The number of fused-ring (bicyclic) bond motifs is 2. The lowest BCUT2D eigenvalue weighted by molar-refractivity contribution is -0.0592. The fraction of sp³-hybridized carbons (Fsp3) is 0.364. The summed E-state index contributed by atoms with van der Waals surface area (Å²) in [6.07, 6.45) is 5.90. The minimum absolute atomic E-state index is 0.114. The number of para-hydroxylation sites is 1. The zero-order chi connectivity index (χ0) is 29.7. The molecule has 3 aliphatic heterocycles. The topological polar surface area (TPSA) is 89.7 Å². The number of hydrogen-bond donors (Lipinski definition) is 1. The highest BCUT2D eigenvalue weighted by atomic mass is 35.5. The van der Waals surface area contributed by atoms with Gasteiger partial charge in [0.1, 0.15) is 17.4 Å². The van der Waals surface area contributed by atoms with Crippen molar-refractivity contribution in [2.45, 2.75) is 56.9 Å². The second-order valence-corrected chi connectivity index (χ2v) is 12.2. The standard InChI is InChI=1S/C33H32ClFN4O4/c1-33(29-8-6-22(34)17-36-29)16-26(35)25-4-2-3-24(31(25)43-33)20-9-12-38(13-10-20)19-30-37-27-7-5-21(32(40)41)15-28(27)39(30)18-23-11-14-42-23/h2-8,15-17,20,23H,9-14,18-19H2,1H3,(H,40,41)/t23-,33+/m0/s1. The Kier molecular flexibility index (Phi) is 7.19. The van der Waals surface area contributed by atoms with Crippen LogP contribution >= 0.6 is 11.6 Å². The third-order valence-electron chi connectivity index (χ3n) is 8.90. The molecule has 0 unspecified atom stereocenters. The molecule has 4 aromatic rings. The van der Waals surface area contributed by atoms with E-state index in [1.165, 1.54) is 6.08 Å².